The number of aliphatic hydroxyl groups excluding tert-OH is 1. The molecule has 0 amide bonds. The molecule has 4 heteroatoms. The second-order valence-electron chi connectivity index (χ2n) is 15.2. The van der Waals surface area contributed by atoms with Crippen molar-refractivity contribution in [2.24, 2.45) is 45.3 Å². The predicted octanol–water partition coefficient (Wildman–Crippen LogP) is 7.21. The molecule has 4 aliphatic carbocycles. The first-order chi connectivity index (χ1) is 16.1. The molecule has 1 heterocycles. The lowest BCUT2D eigenvalue weighted by Crippen LogP contribution is -2.67. The van der Waals surface area contributed by atoms with Crippen LogP contribution in [-0.2, 0) is 14.3 Å². The van der Waals surface area contributed by atoms with E-state index in [0.29, 0.717) is 24.5 Å². The molecular weight excluding hydrogens is 436 g/mol. The highest BCUT2D eigenvalue weighted by molar-refractivity contribution is 5.95. The van der Waals surface area contributed by atoms with Gasteiger partial charge in [-0.25, -0.2) is 0 Å². The standard InChI is InChI=1S/C31H48O4/c1-26(2)12-9-13-31(8,35-26)20-10-15-29(6)24(20)19(18-32)16-22-28(5)14-11-23(34)27(3,4)25(28)21(33)17-30(22,29)7/h18,20,22,24-25,32H,9-17H2,1-8H3/b19-18+/t20-,22?,24?,25?,28+,29+,30+,31+/m0/s1. The molecule has 0 aromatic carbocycles. The minimum atomic E-state index is -0.612. The van der Waals surface area contributed by atoms with Crippen molar-refractivity contribution in [2.45, 2.75) is 124 Å². The van der Waals surface area contributed by atoms with E-state index in [-0.39, 0.29) is 51.0 Å². The first-order valence-corrected chi connectivity index (χ1v) is 14.2. The summed E-state index contributed by atoms with van der Waals surface area (Å²) in [6.07, 6.45) is 9.59. The van der Waals surface area contributed by atoms with Crippen LogP contribution in [0.4, 0.5) is 0 Å². The minimum absolute atomic E-state index is 0.0850. The number of hydrogen-bond donors (Lipinski definition) is 1. The van der Waals surface area contributed by atoms with Gasteiger partial charge in [-0.15, -0.1) is 0 Å². The Morgan fingerprint density at radius 2 is 1.60 bits per heavy atom. The van der Waals surface area contributed by atoms with Crippen LogP contribution < -0.4 is 0 Å². The third kappa shape index (κ3) is 3.20. The summed E-state index contributed by atoms with van der Waals surface area (Å²) >= 11 is 0. The van der Waals surface area contributed by atoms with E-state index in [1.807, 2.05) is 13.8 Å². The van der Waals surface area contributed by atoms with E-state index in [4.69, 9.17) is 4.74 Å². The van der Waals surface area contributed by atoms with E-state index in [9.17, 15) is 14.7 Å². The number of Topliss-reactive ketones (excluding diaryl/α,β-unsaturated/α-hetero) is 2. The van der Waals surface area contributed by atoms with Crippen LogP contribution in [0.15, 0.2) is 11.8 Å². The number of carbonyl (C=O) groups is 2. The molecule has 0 bridgehead atoms. The van der Waals surface area contributed by atoms with Crippen molar-refractivity contribution in [3.8, 4) is 0 Å². The van der Waals surface area contributed by atoms with Crippen molar-refractivity contribution >= 4 is 11.6 Å². The van der Waals surface area contributed by atoms with Gasteiger partial charge in [0, 0.05) is 24.2 Å². The first kappa shape index (κ1) is 25.5. The van der Waals surface area contributed by atoms with Gasteiger partial charge in [0.05, 0.1) is 17.5 Å². The molecule has 8 atom stereocenters. The van der Waals surface area contributed by atoms with Gasteiger partial charge in [0.2, 0.25) is 0 Å². The zero-order valence-corrected chi connectivity index (χ0v) is 23.4. The lowest BCUT2D eigenvalue weighted by Gasteiger charge is -2.68. The van der Waals surface area contributed by atoms with Crippen molar-refractivity contribution in [1.82, 2.24) is 0 Å². The molecule has 5 fully saturated rings. The van der Waals surface area contributed by atoms with E-state index in [2.05, 4.69) is 41.5 Å². The van der Waals surface area contributed by atoms with Gasteiger partial charge in [-0.05, 0) is 105 Å². The van der Waals surface area contributed by atoms with Crippen LogP contribution in [0.5, 0.6) is 0 Å². The van der Waals surface area contributed by atoms with Crippen LogP contribution in [0.25, 0.3) is 0 Å². The summed E-state index contributed by atoms with van der Waals surface area (Å²) in [5, 5.41) is 10.7. The fourth-order valence-electron chi connectivity index (χ4n) is 10.9. The minimum Gasteiger partial charge on any atom is -0.516 e. The van der Waals surface area contributed by atoms with Gasteiger partial charge in [0.15, 0.2) is 0 Å². The van der Waals surface area contributed by atoms with E-state index in [1.54, 1.807) is 0 Å². The lowest BCUT2D eigenvalue weighted by atomic mass is 9.34. The molecule has 1 saturated heterocycles. The molecule has 4 saturated carbocycles. The number of ether oxygens (including phenoxy) is 1. The Balaban J connectivity index is 1.59. The first-order valence-electron chi connectivity index (χ1n) is 14.2. The van der Waals surface area contributed by atoms with Gasteiger partial charge in [-0.2, -0.15) is 0 Å². The Labute approximate surface area is 212 Å². The maximum atomic E-state index is 14.0. The van der Waals surface area contributed by atoms with Crippen molar-refractivity contribution in [3.05, 3.63) is 11.8 Å². The van der Waals surface area contributed by atoms with Gasteiger partial charge < -0.3 is 9.84 Å². The summed E-state index contributed by atoms with van der Waals surface area (Å²) in [7, 11) is 0. The number of hydrogen-bond acceptors (Lipinski definition) is 4. The largest absolute Gasteiger partial charge is 0.516 e. The number of allylic oxidation sites excluding steroid dienone is 1. The summed E-state index contributed by atoms with van der Waals surface area (Å²) < 4.78 is 6.85. The number of rotatable bonds is 1. The van der Waals surface area contributed by atoms with Gasteiger partial charge in [-0.1, -0.05) is 34.6 Å². The normalized spacial score (nSPS) is 52.1. The van der Waals surface area contributed by atoms with Crippen LogP contribution in [0.3, 0.4) is 0 Å². The number of ketones is 2. The van der Waals surface area contributed by atoms with Crippen molar-refractivity contribution in [3.63, 3.8) is 0 Å². The van der Waals surface area contributed by atoms with E-state index >= 15 is 0 Å². The molecule has 5 rings (SSSR count). The number of fused-ring (bicyclic) bond motifs is 5. The van der Waals surface area contributed by atoms with Crippen LogP contribution in [-0.4, -0.2) is 27.9 Å². The van der Waals surface area contributed by atoms with Crippen molar-refractivity contribution < 1.29 is 19.4 Å². The lowest BCUT2D eigenvalue weighted by molar-refractivity contribution is -0.213. The molecular formula is C31H48O4. The van der Waals surface area contributed by atoms with Gasteiger partial charge in [0.25, 0.3) is 0 Å². The molecule has 0 radical (unpaired) electrons. The maximum Gasteiger partial charge on any atom is 0.139 e. The molecule has 0 aromatic heterocycles. The molecule has 35 heavy (non-hydrogen) atoms. The maximum absolute atomic E-state index is 14.0. The van der Waals surface area contributed by atoms with Crippen molar-refractivity contribution in [1.29, 1.82) is 0 Å². The summed E-state index contributed by atoms with van der Waals surface area (Å²) in [6, 6.07) is 0. The third-order valence-electron chi connectivity index (χ3n) is 12.5. The smallest absolute Gasteiger partial charge is 0.139 e. The van der Waals surface area contributed by atoms with Crippen LogP contribution >= 0.6 is 0 Å². The van der Waals surface area contributed by atoms with Gasteiger partial charge in [-0.3, -0.25) is 9.59 Å². The van der Waals surface area contributed by atoms with Crippen molar-refractivity contribution in [2.75, 3.05) is 0 Å². The fourth-order valence-corrected chi connectivity index (χ4v) is 10.9. The van der Waals surface area contributed by atoms with E-state index < -0.39 is 5.41 Å². The Morgan fingerprint density at radius 3 is 2.23 bits per heavy atom. The third-order valence-corrected chi connectivity index (χ3v) is 12.5. The zero-order chi connectivity index (χ0) is 25.8. The fraction of sp³-hybridized carbons (Fsp3) is 0.871. The van der Waals surface area contributed by atoms with Crippen LogP contribution in [0.1, 0.15) is 113 Å². The predicted molar refractivity (Wildman–Crippen MR) is 138 cm³/mol. The average Bonchev–Trinajstić information content (AvgIpc) is 3.10. The topological polar surface area (TPSA) is 63.6 Å². The zero-order valence-electron chi connectivity index (χ0n) is 23.4. The Hall–Kier alpha value is -1.16. The summed E-state index contributed by atoms with van der Waals surface area (Å²) in [6.45, 7) is 17.8. The highest BCUT2D eigenvalue weighted by atomic mass is 16.5. The number of carbonyl (C=O) groups excluding carboxylic acids is 2. The Morgan fingerprint density at radius 1 is 0.914 bits per heavy atom. The van der Waals surface area contributed by atoms with Gasteiger partial charge in [0.1, 0.15) is 11.6 Å². The molecule has 4 nitrogen and oxygen atoms in total. The Kier molecular flexibility index (Phi) is 5.43. The molecule has 1 aliphatic heterocycles. The number of aliphatic hydroxyl groups is 1. The SMILES string of the molecule is CC1(C)CCC[C@](C)([C@H]2CC[C@]3(C)C2/C(=C/O)CC2[C@@]4(C)CCC(=O)C(C)(C)C4C(=O)C[C@]23C)O1. The average molecular weight is 485 g/mol. The van der Waals surface area contributed by atoms with E-state index in [1.165, 1.54) is 12.7 Å². The molecule has 1 N–H and O–H groups in total. The second-order valence-corrected chi connectivity index (χ2v) is 15.2. The second kappa shape index (κ2) is 7.45. The highest BCUT2D eigenvalue weighted by Gasteiger charge is 2.72. The molecule has 3 unspecified atom stereocenters. The van der Waals surface area contributed by atoms with E-state index in [0.717, 1.165) is 44.1 Å². The molecule has 0 spiro atoms. The molecule has 196 valence electrons. The van der Waals surface area contributed by atoms with Crippen LogP contribution in [0.2, 0.25) is 0 Å². The molecule has 5 aliphatic rings. The highest BCUT2D eigenvalue weighted by Crippen LogP contribution is 2.76. The summed E-state index contributed by atoms with van der Waals surface area (Å²) in [4.78, 5) is 27.0. The van der Waals surface area contributed by atoms with Crippen LogP contribution in [0, 0.1) is 45.3 Å². The van der Waals surface area contributed by atoms with Gasteiger partial charge >= 0.3 is 0 Å². The molecule has 0 aromatic rings. The summed E-state index contributed by atoms with van der Waals surface area (Å²) in [5.41, 5.74) is -0.260. The monoisotopic (exact) mass is 484 g/mol. The summed E-state index contributed by atoms with van der Waals surface area (Å²) in [5.74, 6) is 1.14. The quantitative estimate of drug-likeness (QED) is 0.399. The Bertz CT molecular complexity index is 976.